The van der Waals surface area contributed by atoms with E-state index < -0.39 is 0 Å². The summed E-state index contributed by atoms with van der Waals surface area (Å²) in [6.07, 6.45) is 1.52. The van der Waals surface area contributed by atoms with Crippen LogP contribution in [0.3, 0.4) is 0 Å². The van der Waals surface area contributed by atoms with Crippen LogP contribution < -0.4 is 5.73 Å². The second kappa shape index (κ2) is 5.30. The van der Waals surface area contributed by atoms with Gasteiger partial charge in [0.15, 0.2) is 0 Å². The van der Waals surface area contributed by atoms with Crippen molar-refractivity contribution >= 4 is 11.6 Å². The first-order valence-corrected chi connectivity index (χ1v) is 5.33. The Hall–Kier alpha value is -2.09. The van der Waals surface area contributed by atoms with Gasteiger partial charge in [-0.15, -0.1) is 0 Å². The lowest BCUT2D eigenvalue weighted by molar-refractivity contribution is 0.0784. The van der Waals surface area contributed by atoms with Crippen LogP contribution in [-0.4, -0.2) is 29.4 Å². The molecule has 1 atom stereocenters. The van der Waals surface area contributed by atoms with E-state index in [0.29, 0.717) is 23.5 Å². The van der Waals surface area contributed by atoms with Gasteiger partial charge in [0.1, 0.15) is 0 Å². The Labute approximate surface area is 101 Å². The van der Waals surface area contributed by atoms with Crippen molar-refractivity contribution < 1.29 is 4.79 Å². The molecule has 1 rings (SSSR count). The molecular weight excluding hydrogens is 216 g/mol. The minimum absolute atomic E-state index is 0.163. The number of aromatic nitrogens is 1. The highest BCUT2D eigenvalue weighted by Crippen LogP contribution is 2.12. The zero-order valence-corrected chi connectivity index (χ0v) is 10.3. The monoisotopic (exact) mass is 232 g/mol. The molecule has 0 fully saturated rings. The maximum atomic E-state index is 12.1. The van der Waals surface area contributed by atoms with E-state index in [9.17, 15) is 4.79 Å². The molecule has 0 aliphatic heterocycles. The highest BCUT2D eigenvalue weighted by molar-refractivity contribution is 5.95. The molecule has 5 heteroatoms. The number of nitrogens with zero attached hydrogens (tertiary/aromatic N) is 3. The first-order valence-electron chi connectivity index (χ1n) is 5.33. The van der Waals surface area contributed by atoms with E-state index in [2.05, 4.69) is 11.1 Å². The number of aryl methyl sites for hydroxylation is 1. The molecule has 0 bridgehead atoms. The number of nitrogen functional groups attached to an aromatic ring is 1. The summed E-state index contributed by atoms with van der Waals surface area (Å²) in [5.74, 6) is -0.359. The lowest BCUT2D eigenvalue weighted by atomic mass is 10.1. The van der Waals surface area contributed by atoms with E-state index >= 15 is 0 Å². The molecular formula is C12H16N4O. The number of carbonyl (C=O) groups excluding carboxylic acids is 1. The third kappa shape index (κ3) is 3.18. The Morgan fingerprint density at radius 2 is 2.35 bits per heavy atom. The average Bonchev–Trinajstić information content (AvgIpc) is 2.31. The number of rotatable bonds is 3. The molecule has 0 saturated carbocycles. The number of pyridine rings is 1. The van der Waals surface area contributed by atoms with Crippen LogP contribution in [0.2, 0.25) is 0 Å². The lowest BCUT2D eigenvalue weighted by Crippen LogP contribution is -2.31. The topological polar surface area (TPSA) is 83.0 Å². The molecule has 0 aliphatic rings. The standard InChI is InChI=1S/C12H16N4O/c1-8(5-13)7-16(3)12(17)11-4-10(14)6-15-9(11)2/h4,6,8H,7,14H2,1-3H3. The maximum absolute atomic E-state index is 12.1. The van der Waals surface area contributed by atoms with Crippen LogP contribution in [-0.2, 0) is 0 Å². The van der Waals surface area contributed by atoms with Crippen LogP contribution in [0.25, 0.3) is 0 Å². The van der Waals surface area contributed by atoms with Crippen molar-refractivity contribution in [3.05, 3.63) is 23.5 Å². The van der Waals surface area contributed by atoms with Crippen molar-refractivity contribution in [1.82, 2.24) is 9.88 Å². The van der Waals surface area contributed by atoms with Gasteiger partial charge in [0.05, 0.1) is 35.1 Å². The summed E-state index contributed by atoms with van der Waals surface area (Å²) >= 11 is 0. The Kier molecular flexibility index (Phi) is 4.05. The van der Waals surface area contributed by atoms with Gasteiger partial charge in [0.2, 0.25) is 0 Å². The third-order valence-corrected chi connectivity index (χ3v) is 2.45. The highest BCUT2D eigenvalue weighted by atomic mass is 16.2. The molecule has 90 valence electrons. The minimum Gasteiger partial charge on any atom is -0.397 e. The van der Waals surface area contributed by atoms with E-state index in [1.807, 2.05) is 0 Å². The first kappa shape index (κ1) is 13.0. The van der Waals surface area contributed by atoms with Gasteiger partial charge in [0.25, 0.3) is 5.91 Å². The summed E-state index contributed by atoms with van der Waals surface area (Å²) in [7, 11) is 1.67. The molecule has 0 aromatic carbocycles. The van der Waals surface area contributed by atoms with Crippen molar-refractivity contribution in [3.63, 3.8) is 0 Å². The first-order chi connectivity index (χ1) is 7.95. The fourth-order valence-electron chi connectivity index (χ4n) is 1.51. The molecule has 1 unspecified atom stereocenters. The van der Waals surface area contributed by atoms with Gasteiger partial charge >= 0.3 is 0 Å². The number of carbonyl (C=O) groups is 1. The molecule has 0 spiro atoms. The Morgan fingerprint density at radius 3 is 2.94 bits per heavy atom. The summed E-state index contributed by atoms with van der Waals surface area (Å²) < 4.78 is 0. The Balaban J connectivity index is 2.89. The summed E-state index contributed by atoms with van der Waals surface area (Å²) in [5, 5.41) is 8.71. The van der Waals surface area contributed by atoms with E-state index in [1.54, 1.807) is 27.0 Å². The predicted molar refractivity (Wildman–Crippen MR) is 65.1 cm³/mol. The quantitative estimate of drug-likeness (QED) is 0.848. The van der Waals surface area contributed by atoms with Crippen LogP contribution in [0.1, 0.15) is 23.0 Å². The normalized spacial score (nSPS) is 11.6. The van der Waals surface area contributed by atoms with E-state index in [1.165, 1.54) is 11.1 Å². The van der Waals surface area contributed by atoms with Crippen molar-refractivity contribution in [3.8, 4) is 6.07 Å². The zero-order chi connectivity index (χ0) is 13.0. The molecule has 0 radical (unpaired) electrons. The number of nitrogens with two attached hydrogens (primary N) is 1. The minimum atomic E-state index is -0.196. The van der Waals surface area contributed by atoms with E-state index in [4.69, 9.17) is 11.0 Å². The van der Waals surface area contributed by atoms with Crippen molar-refractivity contribution in [2.75, 3.05) is 19.3 Å². The van der Waals surface area contributed by atoms with Crippen molar-refractivity contribution in [2.24, 2.45) is 5.92 Å². The predicted octanol–water partition coefficient (Wildman–Crippen LogP) is 1.20. The van der Waals surface area contributed by atoms with Gasteiger partial charge in [-0.3, -0.25) is 9.78 Å². The van der Waals surface area contributed by atoms with Crippen LogP contribution in [0.15, 0.2) is 12.3 Å². The number of nitriles is 1. The Bertz CT molecular complexity index is 464. The van der Waals surface area contributed by atoms with Crippen LogP contribution >= 0.6 is 0 Å². The molecule has 2 N–H and O–H groups in total. The van der Waals surface area contributed by atoms with Gasteiger partial charge < -0.3 is 10.6 Å². The Morgan fingerprint density at radius 1 is 1.71 bits per heavy atom. The molecule has 0 aliphatic carbocycles. The van der Waals surface area contributed by atoms with Gasteiger partial charge in [0, 0.05) is 13.6 Å². The van der Waals surface area contributed by atoms with E-state index in [0.717, 1.165) is 0 Å². The SMILES string of the molecule is Cc1ncc(N)cc1C(=O)N(C)CC(C)C#N. The number of anilines is 1. The largest absolute Gasteiger partial charge is 0.397 e. The maximum Gasteiger partial charge on any atom is 0.255 e. The van der Waals surface area contributed by atoms with Gasteiger partial charge in [-0.05, 0) is 19.9 Å². The molecule has 1 aromatic heterocycles. The molecule has 1 aromatic rings. The molecule has 1 amide bonds. The molecule has 17 heavy (non-hydrogen) atoms. The van der Waals surface area contributed by atoms with Gasteiger partial charge in [-0.1, -0.05) is 0 Å². The fraction of sp³-hybridized carbons (Fsp3) is 0.417. The zero-order valence-electron chi connectivity index (χ0n) is 10.3. The van der Waals surface area contributed by atoms with Crippen molar-refractivity contribution in [2.45, 2.75) is 13.8 Å². The fourth-order valence-corrected chi connectivity index (χ4v) is 1.51. The number of hydrogen-bond acceptors (Lipinski definition) is 4. The molecule has 0 saturated heterocycles. The smallest absolute Gasteiger partial charge is 0.255 e. The summed E-state index contributed by atoms with van der Waals surface area (Å²) in [5.41, 5.74) is 7.19. The third-order valence-electron chi connectivity index (χ3n) is 2.45. The van der Waals surface area contributed by atoms with Gasteiger partial charge in [-0.2, -0.15) is 5.26 Å². The number of hydrogen-bond donors (Lipinski definition) is 1. The van der Waals surface area contributed by atoms with Crippen LogP contribution in [0.4, 0.5) is 5.69 Å². The molecule has 5 nitrogen and oxygen atoms in total. The second-order valence-corrected chi connectivity index (χ2v) is 4.12. The van der Waals surface area contributed by atoms with Crippen molar-refractivity contribution in [1.29, 1.82) is 5.26 Å². The van der Waals surface area contributed by atoms with E-state index in [-0.39, 0.29) is 11.8 Å². The average molecular weight is 232 g/mol. The summed E-state index contributed by atoms with van der Waals surface area (Å²) in [6.45, 7) is 3.92. The van der Waals surface area contributed by atoms with Crippen LogP contribution in [0.5, 0.6) is 0 Å². The second-order valence-electron chi connectivity index (χ2n) is 4.12. The summed E-state index contributed by atoms with van der Waals surface area (Å²) in [6, 6.07) is 3.70. The lowest BCUT2D eigenvalue weighted by Gasteiger charge is -2.19. The highest BCUT2D eigenvalue weighted by Gasteiger charge is 2.17. The van der Waals surface area contributed by atoms with Gasteiger partial charge in [-0.25, -0.2) is 0 Å². The van der Waals surface area contributed by atoms with Crippen LogP contribution in [0, 0.1) is 24.2 Å². The number of amides is 1. The molecule has 1 heterocycles. The summed E-state index contributed by atoms with van der Waals surface area (Å²) in [4.78, 5) is 17.6.